The first-order valence-electron chi connectivity index (χ1n) is 6.02. The van der Waals surface area contributed by atoms with Gasteiger partial charge in [0.15, 0.2) is 0 Å². The van der Waals surface area contributed by atoms with Crippen molar-refractivity contribution in [3.05, 3.63) is 54.6 Å². The number of methoxy groups -OCH3 is 1. The van der Waals surface area contributed by atoms with Crippen LogP contribution in [0.5, 0.6) is 11.5 Å². The summed E-state index contributed by atoms with van der Waals surface area (Å²) in [5, 5.41) is 10.8. The average molecular weight is 251 g/mol. The van der Waals surface area contributed by atoms with Gasteiger partial charge in [-0.2, -0.15) is 0 Å². The molecular weight excluding hydrogens is 238 g/mol. The van der Waals surface area contributed by atoms with E-state index in [-0.39, 0.29) is 5.75 Å². The van der Waals surface area contributed by atoms with Crippen LogP contribution in [-0.4, -0.2) is 17.2 Å². The summed E-state index contributed by atoms with van der Waals surface area (Å²) < 4.78 is 5.40. The largest absolute Gasteiger partial charge is 0.506 e. The first-order valence-corrected chi connectivity index (χ1v) is 6.02. The molecule has 0 unspecified atom stereocenters. The molecule has 0 aliphatic heterocycles. The van der Waals surface area contributed by atoms with E-state index in [9.17, 15) is 5.11 Å². The van der Waals surface area contributed by atoms with Crippen molar-refractivity contribution >= 4 is 10.9 Å². The molecule has 0 fully saturated rings. The molecule has 0 amide bonds. The normalized spacial score (nSPS) is 10.6. The van der Waals surface area contributed by atoms with Crippen LogP contribution in [0.25, 0.3) is 22.2 Å². The summed E-state index contributed by atoms with van der Waals surface area (Å²) in [5.74, 6) is 0.877. The van der Waals surface area contributed by atoms with Crippen molar-refractivity contribution < 1.29 is 9.84 Å². The number of benzene rings is 2. The van der Waals surface area contributed by atoms with Gasteiger partial charge in [0.25, 0.3) is 0 Å². The third-order valence-corrected chi connectivity index (χ3v) is 3.06. The number of pyridine rings is 1. The summed E-state index contributed by atoms with van der Waals surface area (Å²) in [6, 6.07) is 17.0. The molecule has 0 aliphatic rings. The Morgan fingerprint density at radius 1 is 1.00 bits per heavy atom. The molecule has 0 radical (unpaired) electrons. The van der Waals surface area contributed by atoms with Gasteiger partial charge in [0.2, 0.25) is 0 Å². The molecule has 1 heterocycles. The summed E-state index contributed by atoms with van der Waals surface area (Å²) in [4.78, 5) is 4.54. The molecule has 3 nitrogen and oxygen atoms in total. The van der Waals surface area contributed by atoms with E-state index in [1.54, 1.807) is 19.2 Å². The topological polar surface area (TPSA) is 42.4 Å². The number of fused-ring (bicyclic) bond motifs is 1. The molecule has 0 atom stereocenters. The highest BCUT2D eigenvalue weighted by molar-refractivity contribution is 5.88. The third-order valence-electron chi connectivity index (χ3n) is 3.06. The highest BCUT2D eigenvalue weighted by Gasteiger charge is 2.11. The van der Waals surface area contributed by atoms with Gasteiger partial charge in [-0.3, -0.25) is 0 Å². The second-order valence-electron chi connectivity index (χ2n) is 4.25. The third kappa shape index (κ3) is 1.99. The summed E-state index contributed by atoms with van der Waals surface area (Å²) in [6.45, 7) is 0. The summed E-state index contributed by atoms with van der Waals surface area (Å²) in [7, 11) is 1.62. The molecule has 0 saturated carbocycles. The molecule has 1 N–H and O–H groups in total. The molecule has 1 aromatic heterocycles. The van der Waals surface area contributed by atoms with Crippen molar-refractivity contribution in [1.82, 2.24) is 4.98 Å². The fourth-order valence-corrected chi connectivity index (χ4v) is 2.12. The highest BCUT2D eigenvalue weighted by Crippen LogP contribution is 2.33. The van der Waals surface area contributed by atoms with Gasteiger partial charge >= 0.3 is 0 Å². The lowest BCUT2D eigenvalue weighted by molar-refractivity contribution is 0.415. The van der Waals surface area contributed by atoms with Gasteiger partial charge in [-0.1, -0.05) is 42.5 Å². The van der Waals surface area contributed by atoms with Crippen molar-refractivity contribution in [2.24, 2.45) is 0 Å². The molecule has 0 saturated heterocycles. The van der Waals surface area contributed by atoms with E-state index in [4.69, 9.17) is 4.74 Å². The Balaban J connectivity index is 2.32. The van der Waals surface area contributed by atoms with E-state index in [2.05, 4.69) is 4.98 Å². The standard InChI is InChI=1S/C16H13NO2/c1-19-14-10-12-8-5-9-13(18)15(12)17-16(14)11-6-3-2-4-7-11/h2-10,18H,1H3. The molecule has 2 aromatic carbocycles. The zero-order chi connectivity index (χ0) is 13.2. The van der Waals surface area contributed by atoms with Crippen LogP contribution < -0.4 is 4.74 Å². The van der Waals surface area contributed by atoms with Gasteiger partial charge in [0, 0.05) is 10.9 Å². The summed E-state index contributed by atoms with van der Waals surface area (Å²) in [5.41, 5.74) is 2.28. The fraction of sp³-hybridized carbons (Fsp3) is 0.0625. The van der Waals surface area contributed by atoms with Crippen LogP contribution in [0.3, 0.4) is 0 Å². The first kappa shape index (κ1) is 11.5. The number of phenols is 1. The molecule has 0 spiro atoms. The number of rotatable bonds is 2. The maximum Gasteiger partial charge on any atom is 0.145 e. The minimum absolute atomic E-state index is 0.178. The summed E-state index contributed by atoms with van der Waals surface area (Å²) in [6.07, 6.45) is 0. The van der Waals surface area contributed by atoms with E-state index in [1.165, 1.54) is 0 Å². The van der Waals surface area contributed by atoms with Crippen LogP contribution >= 0.6 is 0 Å². The van der Waals surface area contributed by atoms with Crippen LogP contribution in [0.4, 0.5) is 0 Å². The Morgan fingerprint density at radius 2 is 1.79 bits per heavy atom. The number of hydrogen-bond acceptors (Lipinski definition) is 3. The maximum atomic E-state index is 9.90. The van der Waals surface area contributed by atoms with Gasteiger partial charge in [-0.05, 0) is 12.1 Å². The molecule has 3 rings (SSSR count). The number of aromatic hydroxyl groups is 1. The molecule has 3 aromatic rings. The van der Waals surface area contributed by atoms with Crippen LogP contribution in [0.15, 0.2) is 54.6 Å². The predicted octanol–water partition coefficient (Wildman–Crippen LogP) is 3.62. The second kappa shape index (κ2) is 4.61. The van der Waals surface area contributed by atoms with E-state index in [0.717, 1.165) is 16.6 Å². The molecule has 3 heteroatoms. The van der Waals surface area contributed by atoms with E-state index < -0.39 is 0 Å². The monoisotopic (exact) mass is 251 g/mol. The lowest BCUT2D eigenvalue weighted by atomic mass is 10.1. The SMILES string of the molecule is COc1cc2cccc(O)c2nc1-c1ccccc1. The molecule has 0 bridgehead atoms. The lowest BCUT2D eigenvalue weighted by Gasteiger charge is -2.10. The fourth-order valence-electron chi connectivity index (χ4n) is 2.12. The maximum absolute atomic E-state index is 9.90. The van der Waals surface area contributed by atoms with Gasteiger partial charge in [-0.25, -0.2) is 4.98 Å². The Bertz CT molecular complexity index is 723. The number of ether oxygens (including phenoxy) is 1. The first-order chi connectivity index (χ1) is 9.29. The molecule has 19 heavy (non-hydrogen) atoms. The number of para-hydroxylation sites is 1. The van der Waals surface area contributed by atoms with E-state index in [0.29, 0.717) is 11.3 Å². The van der Waals surface area contributed by atoms with Crippen LogP contribution in [-0.2, 0) is 0 Å². The van der Waals surface area contributed by atoms with Gasteiger partial charge in [0.1, 0.15) is 22.7 Å². The minimum atomic E-state index is 0.178. The Kier molecular flexibility index (Phi) is 2.80. The zero-order valence-corrected chi connectivity index (χ0v) is 10.5. The van der Waals surface area contributed by atoms with Crippen LogP contribution in [0.1, 0.15) is 0 Å². The van der Waals surface area contributed by atoms with Crippen molar-refractivity contribution in [3.8, 4) is 22.8 Å². The smallest absolute Gasteiger partial charge is 0.145 e. The Morgan fingerprint density at radius 3 is 2.53 bits per heavy atom. The Labute approximate surface area is 111 Å². The zero-order valence-electron chi connectivity index (χ0n) is 10.5. The van der Waals surface area contributed by atoms with Crippen molar-refractivity contribution in [1.29, 1.82) is 0 Å². The predicted molar refractivity (Wildman–Crippen MR) is 75.4 cm³/mol. The van der Waals surface area contributed by atoms with Crippen molar-refractivity contribution in [3.63, 3.8) is 0 Å². The van der Waals surface area contributed by atoms with Crippen molar-refractivity contribution in [2.75, 3.05) is 7.11 Å². The number of hydrogen-bond donors (Lipinski definition) is 1. The van der Waals surface area contributed by atoms with Crippen molar-refractivity contribution in [2.45, 2.75) is 0 Å². The lowest BCUT2D eigenvalue weighted by Crippen LogP contribution is -1.92. The van der Waals surface area contributed by atoms with E-state index in [1.807, 2.05) is 42.5 Å². The summed E-state index contributed by atoms with van der Waals surface area (Å²) >= 11 is 0. The van der Waals surface area contributed by atoms with Crippen LogP contribution in [0.2, 0.25) is 0 Å². The van der Waals surface area contributed by atoms with Gasteiger partial charge in [0.05, 0.1) is 7.11 Å². The highest BCUT2D eigenvalue weighted by atomic mass is 16.5. The Hall–Kier alpha value is -2.55. The van der Waals surface area contributed by atoms with Gasteiger partial charge < -0.3 is 9.84 Å². The molecule has 94 valence electrons. The minimum Gasteiger partial charge on any atom is -0.506 e. The van der Waals surface area contributed by atoms with E-state index >= 15 is 0 Å². The second-order valence-corrected chi connectivity index (χ2v) is 4.25. The molecular formula is C16H13NO2. The number of aromatic nitrogens is 1. The van der Waals surface area contributed by atoms with Gasteiger partial charge in [-0.15, -0.1) is 0 Å². The number of phenolic OH excluding ortho intramolecular Hbond substituents is 1. The molecule has 0 aliphatic carbocycles. The average Bonchev–Trinajstić information content (AvgIpc) is 2.47. The quantitative estimate of drug-likeness (QED) is 0.756. The van der Waals surface area contributed by atoms with Crippen LogP contribution in [0, 0.1) is 0 Å². The number of nitrogens with zero attached hydrogens (tertiary/aromatic N) is 1.